The summed E-state index contributed by atoms with van der Waals surface area (Å²) < 4.78 is 37.5. The molecule has 8 nitrogen and oxygen atoms in total. The van der Waals surface area contributed by atoms with Crippen LogP contribution in [0.4, 0.5) is 0 Å². The van der Waals surface area contributed by atoms with Crippen molar-refractivity contribution < 1.29 is 23.0 Å². The zero-order chi connectivity index (χ0) is 18.9. The fourth-order valence-corrected chi connectivity index (χ4v) is 5.89. The van der Waals surface area contributed by atoms with Gasteiger partial charge in [0.1, 0.15) is 15.5 Å². The van der Waals surface area contributed by atoms with Gasteiger partial charge in [-0.2, -0.15) is 9.29 Å². The molecule has 1 aliphatic rings. The van der Waals surface area contributed by atoms with Crippen molar-refractivity contribution in [3.8, 4) is 11.8 Å². The van der Waals surface area contributed by atoms with E-state index in [1.807, 2.05) is 0 Å². The summed E-state index contributed by atoms with van der Waals surface area (Å²) in [5, 5.41) is 11.0. The fourth-order valence-electron chi connectivity index (χ4n) is 2.81. The Morgan fingerprint density at radius 3 is 2.50 bits per heavy atom. The number of sulfonamides is 1. The molecular formula is C15H18ClN3O5S2. The van der Waals surface area contributed by atoms with Crippen LogP contribution in [0.1, 0.15) is 18.5 Å². The van der Waals surface area contributed by atoms with E-state index in [1.54, 1.807) is 6.07 Å². The molecule has 0 radical (unpaired) electrons. The number of halogens is 1. The molecule has 11 heteroatoms. The van der Waals surface area contributed by atoms with Crippen LogP contribution in [0.5, 0.6) is 11.8 Å². The topological polar surface area (TPSA) is 102 Å². The van der Waals surface area contributed by atoms with Gasteiger partial charge in [0.25, 0.3) is 10.0 Å². The van der Waals surface area contributed by atoms with E-state index in [2.05, 4.69) is 9.97 Å². The maximum atomic E-state index is 12.7. The first-order valence-corrected chi connectivity index (χ1v) is 10.4. The van der Waals surface area contributed by atoms with Crippen LogP contribution >= 0.6 is 22.9 Å². The molecule has 0 unspecified atom stereocenters. The lowest BCUT2D eigenvalue weighted by atomic mass is 9.89. The zero-order valence-corrected chi connectivity index (χ0v) is 16.6. The minimum atomic E-state index is -3.63. The number of aromatic nitrogens is 2. The molecule has 0 amide bonds. The summed E-state index contributed by atoms with van der Waals surface area (Å²) >= 11 is 6.86. The summed E-state index contributed by atoms with van der Waals surface area (Å²) in [6, 6.07) is 3.04. The molecule has 1 fully saturated rings. The molecule has 1 saturated heterocycles. The van der Waals surface area contributed by atoms with Crippen LogP contribution in [-0.4, -0.2) is 55.1 Å². The van der Waals surface area contributed by atoms with Gasteiger partial charge in [0, 0.05) is 13.1 Å². The third-order valence-electron chi connectivity index (χ3n) is 4.25. The highest BCUT2D eigenvalue weighted by atomic mass is 35.5. The van der Waals surface area contributed by atoms with Crippen molar-refractivity contribution in [2.75, 3.05) is 27.3 Å². The summed E-state index contributed by atoms with van der Waals surface area (Å²) in [5.74, 6) is 0.428. The van der Waals surface area contributed by atoms with E-state index >= 15 is 0 Å². The van der Waals surface area contributed by atoms with Gasteiger partial charge in [-0.1, -0.05) is 11.6 Å². The number of methoxy groups -OCH3 is 2. The highest BCUT2D eigenvalue weighted by Crippen LogP contribution is 2.38. The predicted molar refractivity (Wildman–Crippen MR) is 96.4 cm³/mol. The molecule has 0 bridgehead atoms. The van der Waals surface area contributed by atoms with Crippen molar-refractivity contribution in [2.24, 2.45) is 0 Å². The smallest absolute Gasteiger partial charge is 0.252 e. The lowest BCUT2D eigenvalue weighted by Crippen LogP contribution is -2.45. The molecule has 1 N–H and O–H groups in total. The number of rotatable bonds is 5. The number of aliphatic hydroxyl groups is 1. The Hall–Kier alpha value is -1.46. The Balaban J connectivity index is 1.81. The van der Waals surface area contributed by atoms with Crippen LogP contribution in [-0.2, 0) is 15.6 Å². The average Bonchev–Trinajstić information content (AvgIpc) is 3.08. The van der Waals surface area contributed by atoms with E-state index in [-0.39, 0.29) is 47.6 Å². The van der Waals surface area contributed by atoms with Crippen LogP contribution in [0.3, 0.4) is 0 Å². The summed E-state index contributed by atoms with van der Waals surface area (Å²) in [4.78, 5) is 8.36. The number of thiophene rings is 1. The van der Waals surface area contributed by atoms with E-state index in [0.717, 1.165) is 11.3 Å². The molecule has 0 spiro atoms. The quantitative estimate of drug-likeness (QED) is 0.789. The molecule has 0 aromatic carbocycles. The number of ether oxygens (including phenoxy) is 2. The molecule has 0 aliphatic carbocycles. The highest BCUT2D eigenvalue weighted by molar-refractivity contribution is 7.91. The minimum Gasteiger partial charge on any atom is -0.480 e. The number of hydrogen-bond acceptors (Lipinski definition) is 8. The Bertz CT molecular complexity index is 894. The van der Waals surface area contributed by atoms with Crippen LogP contribution < -0.4 is 9.47 Å². The average molecular weight is 420 g/mol. The third-order valence-corrected chi connectivity index (χ3v) is 7.85. The second kappa shape index (κ2) is 7.28. The number of nitrogens with zero attached hydrogens (tertiary/aromatic N) is 3. The van der Waals surface area contributed by atoms with Crippen molar-refractivity contribution in [3.63, 3.8) is 0 Å². The predicted octanol–water partition coefficient (Wildman–Crippen LogP) is 1.88. The van der Waals surface area contributed by atoms with Gasteiger partial charge in [-0.05, 0) is 25.0 Å². The zero-order valence-electron chi connectivity index (χ0n) is 14.2. The Morgan fingerprint density at radius 2 is 1.96 bits per heavy atom. The normalized spacial score (nSPS) is 17.8. The van der Waals surface area contributed by atoms with Crippen molar-refractivity contribution >= 4 is 33.0 Å². The lowest BCUT2D eigenvalue weighted by molar-refractivity contribution is -0.0159. The first kappa shape index (κ1) is 19.3. The highest BCUT2D eigenvalue weighted by Gasteiger charge is 2.42. The molecular weight excluding hydrogens is 402 g/mol. The van der Waals surface area contributed by atoms with E-state index < -0.39 is 15.6 Å². The Kier molecular flexibility index (Phi) is 5.40. The van der Waals surface area contributed by atoms with E-state index in [0.29, 0.717) is 4.34 Å². The second-order valence-corrected chi connectivity index (χ2v) is 9.64. The molecule has 0 atom stereocenters. The number of piperidine rings is 1. The molecule has 26 heavy (non-hydrogen) atoms. The molecule has 3 rings (SSSR count). The van der Waals surface area contributed by atoms with Crippen LogP contribution in [0, 0.1) is 0 Å². The summed E-state index contributed by atoms with van der Waals surface area (Å²) in [6.45, 7) is 0.288. The van der Waals surface area contributed by atoms with Crippen molar-refractivity contribution in [1.82, 2.24) is 14.3 Å². The largest absolute Gasteiger partial charge is 0.480 e. The first-order valence-electron chi connectivity index (χ1n) is 7.73. The first-order chi connectivity index (χ1) is 12.3. The summed E-state index contributed by atoms with van der Waals surface area (Å²) in [5.41, 5.74) is -1.05. The molecule has 2 aromatic rings. The molecule has 2 aromatic heterocycles. The second-order valence-electron chi connectivity index (χ2n) is 5.76. The van der Waals surface area contributed by atoms with Gasteiger partial charge in [-0.3, -0.25) is 0 Å². The van der Waals surface area contributed by atoms with E-state index in [9.17, 15) is 13.5 Å². The van der Waals surface area contributed by atoms with Gasteiger partial charge in [0.15, 0.2) is 0 Å². The van der Waals surface area contributed by atoms with Gasteiger partial charge in [0.05, 0.1) is 24.8 Å². The molecule has 142 valence electrons. The van der Waals surface area contributed by atoms with Crippen LogP contribution in [0.25, 0.3) is 0 Å². The SMILES string of the molecule is COc1cnc(C2(O)CCN(S(=O)(=O)c3ccc(Cl)s3)CC2)c(OC)n1. The standard InChI is InChI=1S/C15H18ClN3O5S2/c1-23-11-9-17-13(14(18-11)24-2)15(20)5-7-19(8-6-15)26(21,22)12-4-3-10(16)25-12/h3-4,9,20H,5-8H2,1-2H3. The fraction of sp³-hybridized carbons (Fsp3) is 0.467. The van der Waals surface area contributed by atoms with Crippen molar-refractivity contribution in [1.29, 1.82) is 0 Å². The monoisotopic (exact) mass is 419 g/mol. The minimum absolute atomic E-state index is 0.144. The van der Waals surface area contributed by atoms with Gasteiger partial charge < -0.3 is 14.6 Å². The Labute approximate surface area is 160 Å². The van der Waals surface area contributed by atoms with Gasteiger partial charge in [-0.15, -0.1) is 11.3 Å². The summed E-state index contributed by atoms with van der Waals surface area (Å²) in [6.07, 6.45) is 1.73. The van der Waals surface area contributed by atoms with Crippen LogP contribution in [0.2, 0.25) is 4.34 Å². The van der Waals surface area contributed by atoms with Gasteiger partial charge in [-0.25, -0.2) is 13.4 Å². The third kappa shape index (κ3) is 3.52. The Morgan fingerprint density at radius 1 is 1.27 bits per heavy atom. The lowest BCUT2D eigenvalue weighted by Gasteiger charge is -2.37. The van der Waals surface area contributed by atoms with Crippen molar-refractivity contribution in [3.05, 3.63) is 28.4 Å². The number of hydrogen-bond donors (Lipinski definition) is 1. The molecule has 1 aliphatic heterocycles. The van der Waals surface area contributed by atoms with E-state index in [4.69, 9.17) is 21.1 Å². The van der Waals surface area contributed by atoms with Gasteiger partial charge >= 0.3 is 0 Å². The van der Waals surface area contributed by atoms with Crippen LogP contribution in [0.15, 0.2) is 22.5 Å². The van der Waals surface area contributed by atoms with Crippen molar-refractivity contribution in [2.45, 2.75) is 22.7 Å². The molecule has 3 heterocycles. The van der Waals surface area contributed by atoms with Gasteiger partial charge in [0.2, 0.25) is 11.8 Å². The molecule has 0 saturated carbocycles. The summed E-state index contributed by atoms with van der Waals surface area (Å²) in [7, 11) is -0.748. The maximum absolute atomic E-state index is 12.7. The maximum Gasteiger partial charge on any atom is 0.252 e. The van der Waals surface area contributed by atoms with E-state index in [1.165, 1.54) is 30.8 Å².